The van der Waals surface area contributed by atoms with E-state index in [1.807, 2.05) is 17.8 Å². The molecule has 25 heavy (non-hydrogen) atoms. The molecule has 1 saturated heterocycles. The molecule has 2 heterocycles. The van der Waals surface area contributed by atoms with E-state index in [1.54, 1.807) is 12.1 Å². The van der Waals surface area contributed by atoms with Crippen molar-refractivity contribution in [3.63, 3.8) is 0 Å². The largest absolute Gasteiger partial charge is 0.369 e. The molecule has 136 valence electrons. The first-order valence-corrected chi connectivity index (χ1v) is 9.66. The monoisotopic (exact) mass is 366 g/mol. The maximum absolute atomic E-state index is 10.5. The second-order valence-corrected chi connectivity index (χ2v) is 7.63. The van der Waals surface area contributed by atoms with E-state index in [2.05, 4.69) is 15.6 Å². The van der Waals surface area contributed by atoms with Gasteiger partial charge in [-0.1, -0.05) is 22.9 Å². The van der Waals surface area contributed by atoms with Crippen molar-refractivity contribution in [3.8, 4) is 0 Å². The van der Waals surface area contributed by atoms with Crippen molar-refractivity contribution in [1.29, 1.82) is 0 Å². The average molecular weight is 366 g/mol. The minimum absolute atomic E-state index is 0.0666. The zero-order valence-electron chi connectivity index (χ0n) is 14.0. The SMILES string of the molecule is Cc1ccc(S(=O)(=O)O)cc1.c1c([C@H]2CNCCO2)nnn1C1CC1. The topological polar surface area (TPSA) is 106 Å². The normalized spacial score (nSPS) is 20.6. The highest BCUT2D eigenvalue weighted by atomic mass is 32.2. The molecular weight excluding hydrogens is 344 g/mol. The van der Waals surface area contributed by atoms with Gasteiger partial charge in [0.2, 0.25) is 0 Å². The number of hydrogen-bond donors (Lipinski definition) is 2. The Morgan fingerprint density at radius 2 is 2.00 bits per heavy atom. The van der Waals surface area contributed by atoms with Crippen LogP contribution in [0.1, 0.15) is 36.2 Å². The first kappa shape index (κ1) is 18.0. The third-order valence-electron chi connectivity index (χ3n) is 4.03. The fourth-order valence-corrected chi connectivity index (χ4v) is 2.90. The molecule has 1 aliphatic heterocycles. The summed E-state index contributed by atoms with van der Waals surface area (Å²) >= 11 is 0. The van der Waals surface area contributed by atoms with Gasteiger partial charge in [0.1, 0.15) is 11.8 Å². The number of benzene rings is 1. The number of nitrogens with zero attached hydrogens (tertiary/aromatic N) is 3. The molecule has 2 N–H and O–H groups in total. The first-order chi connectivity index (χ1) is 11.9. The van der Waals surface area contributed by atoms with Gasteiger partial charge in [0, 0.05) is 13.1 Å². The number of aromatic nitrogens is 3. The molecule has 1 aliphatic carbocycles. The van der Waals surface area contributed by atoms with Crippen LogP contribution in [0.4, 0.5) is 0 Å². The van der Waals surface area contributed by atoms with Crippen LogP contribution in [0, 0.1) is 6.92 Å². The molecule has 8 nitrogen and oxygen atoms in total. The summed E-state index contributed by atoms with van der Waals surface area (Å²) in [5.74, 6) is 0. The van der Waals surface area contributed by atoms with Gasteiger partial charge in [0.25, 0.3) is 10.1 Å². The second kappa shape index (κ2) is 7.61. The maximum atomic E-state index is 10.5. The van der Waals surface area contributed by atoms with E-state index < -0.39 is 10.1 Å². The Bertz CT molecular complexity index is 794. The van der Waals surface area contributed by atoms with Crippen LogP contribution in [-0.2, 0) is 14.9 Å². The van der Waals surface area contributed by atoms with Crippen molar-refractivity contribution in [1.82, 2.24) is 20.3 Å². The number of aryl methyl sites for hydroxylation is 1. The van der Waals surface area contributed by atoms with E-state index in [0.29, 0.717) is 6.04 Å². The van der Waals surface area contributed by atoms with Crippen molar-refractivity contribution in [3.05, 3.63) is 41.7 Å². The highest BCUT2D eigenvalue weighted by Crippen LogP contribution is 2.34. The Labute approximate surface area is 146 Å². The van der Waals surface area contributed by atoms with Gasteiger partial charge >= 0.3 is 0 Å². The van der Waals surface area contributed by atoms with E-state index in [0.717, 1.165) is 31.0 Å². The van der Waals surface area contributed by atoms with E-state index in [4.69, 9.17) is 9.29 Å². The van der Waals surface area contributed by atoms with Gasteiger partial charge in [-0.15, -0.1) is 5.10 Å². The molecule has 0 radical (unpaired) electrons. The summed E-state index contributed by atoms with van der Waals surface area (Å²) in [6.45, 7) is 4.39. The fraction of sp³-hybridized carbons (Fsp3) is 0.500. The molecule has 2 fully saturated rings. The third-order valence-corrected chi connectivity index (χ3v) is 4.89. The number of rotatable bonds is 3. The Balaban J connectivity index is 0.000000151. The van der Waals surface area contributed by atoms with Gasteiger partial charge < -0.3 is 10.1 Å². The minimum atomic E-state index is -4.02. The Hall–Kier alpha value is -1.81. The van der Waals surface area contributed by atoms with Crippen molar-refractivity contribution < 1.29 is 17.7 Å². The molecule has 1 aromatic heterocycles. The second-order valence-electron chi connectivity index (χ2n) is 6.21. The first-order valence-electron chi connectivity index (χ1n) is 8.21. The summed E-state index contributed by atoms with van der Waals surface area (Å²) < 4.78 is 37.1. The van der Waals surface area contributed by atoms with Crippen molar-refractivity contribution >= 4 is 10.1 Å². The number of ether oxygens (including phenoxy) is 1. The molecule has 2 aromatic rings. The Morgan fingerprint density at radius 1 is 1.28 bits per heavy atom. The smallest absolute Gasteiger partial charge is 0.294 e. The maximum Gasteiger partial charge on any atom is 0.294 e. The van der Waals surface area contributed by atoms with Crippen LogP contribution in [0.25, 0.3) is 0 Å². The Kier molecular flexibility index (Phi) is 5.48. The molecule has 9 heteroatoms. The van der Waals surface area contributed by atoms with Gasteiger partial charge in [-0.25, -0.2) is 4.68 Å². The van der Waals surface area contributed by atoms with Crippen LogP contribution in [0.3, 0.4) is 0 Å². The number of morpholine rings is 1. The van der Waals surface area contributed by atoms with Crippen molar-refractivity contribution in [2.75, 3.05) is 19.7 Å². The summed E-state index contributed by atoms with van der Waals surface area (Å²) in [5.41, 5.74) is 1.92. The van der Waals surface area contributed by atoms with Gasteiger partial charge in [0.05, 0.1) is 23.7 Å². The van der Waals surface area contributed by atoms with E-state index in [9.17, 15) is 8.42 Å². The highest BCUT2D eigenvalue weighted by Gasteiger charge is 2.27. The molecule has 4 rings (SSSR count). The highest BCUT2D eigenvalue weighted by molar-refractivity contribution is 7.85. The lowest BCUT2D eigenvalue weighted by Gasteiger charge is -2.21. The lowest BCUT2D eigenvalue weighted by atomic mass is 10.2. The lowest BCUT2D eigenvalue weighted by molar-refractivity contribution is 0.0249. The standard InChI is InChI=1S/C9H14N4O.C7H8O3S/c1-2-7(1)13-6-8(11-12-13)9-5-10-3-4-14-9;1-6-2-4-7(5-3-6)11(8,9)10/h6-7,9-10H,1-5H2;2-5H,1H3,(H,8,9,10)/t9-;/m1./s1. The summed E-state index contributed by atoms with van der Waals surface area (Å²) in [5, 5.41) is 11.5. The van der Waals surface area contributed by atoms with Gasteiger partial charge in [-0.2, -0.15) is 8.42 Å². The predicted octanol–water partition coefficient (Wildman–Crippen LogP) is 1.52. The van der Waals surface area contributed by atoms with Crippen LogP contribution in [0.2, 0.25) is 0 Å². The zero-order chi connectivity index (χ0) is 17.9. The number of hydrogen-bond acceptors (Lipinski definition) is 6. The quantitative estimate of drug-likeness (QED) is 0.793. The fourth-order valence-electron chi connectivity index (χ4n) is 2.42. The van der Waals surface area contributed by atoms with E-state index in [1.165, 1.54) is 25.0 Å². The van der Waals surface area contributed by atoms with Crippen molar-refractivity contribution in [2.24, 2.45) is 0 Å². The summed E-state index contributed by atoms with van der Waals surface area (Å²) in [4.78, 5) is -0.0666. The molecular formula is C16H22N4O4S. The molecule has 0 bridgehead atoms. The average Bonchev–Trinajstić information content (AvgIpc) is 3.33. The third kappa shape index (κ3) is 5.08. The van der Waals surface area contributed by atoms with Crippen LogP contribution in [0.15, 0.2) is 35.4 Å². The molecule has 1 aromatic carbocycles. The lowest BCUT2D eigenvalue weighted by Crippen LogP contribution is -2.33. The molecule has 0 unspecified atom stereocenters. The zero-order valence-corrected chi connectivity index (χ0v) is 14.8. The van der Waals surface area contributed by atoms with Crippen LogP contribution in [-0.4, -0.2) is 47.7 Å². The minimum Gasteiger partial charge on any atom is -0.369 e. The molecule has 0 amide bonds. The van der Waals surface area contributed by atoms with Crippen LogP contribution >= 0.6 is 0 Å². The molecule has 0 spiro atoms. The van der Waals surface area contributed by atoms with Gasteiger partial charge in [-0.05, 0) is 31.9 Å². The van der Waals surface area contributed by atoms with Crippen molar-refractivity contribution in [2.45, 2.75) is 36.8 Å². The number of nitrogens with one attached hydrogen (secondary N) is 1. The summed E-state index contributed by atoms with van der Waals surface area (Å²) in [6, 6.07) is 6.59. The van der Waals surface area contributed by atoms with Crippen LogP contribution < -0.4 is 5.32 Å². The van der Waals surface area contributed by atoms with Crippen LogP contribution in [0.5, 0.6) is 0 Å². The van der Waals surface area contributed by atoms with Gasteiger partial charge in [-0.3, -0.25) is 4.55 Å². The molecule has 1 saturated carbocycles. The van der Waals surface area contributed by atoms with E-state index >= 15 is 0 Å². The molecule has 2 aliphatic rings. The summed E-state index contributed by atoms with van der Waals surface area (Å²) in [7, 11) is -4.02. The Morgan fingerprint density at radius 3 is 2.56 bits per heavy atom. The van der Waals surface area contributed by atoms with E-state index in [-0.39, 0.29) is 11.0 Å². The van der Waals surface area contributed by atoms with Gasteiger partial charge in [0.15, 0.2) is 0 Å². The predicted molar refractivity (Wildman–Crippen MR) is 90.8 cm³/mol. The molecule has 1 atom stereocenters. The summed E-state index contributed by atoms with van der Waals surface area (Å²) in [6.07, 6.45) is 4.60.